The molecule has 0 amide bonds. The molecule has 1 aromatic carbocycles. The van der Waals surface area contributed by atoms with Crippen LogP contribution < -0.4 is 5.32 Å². The van der Waals surface area contributed by atoms with Gasteiger partial charge in [0.25, 0.3) is 0 Å². The largest absolute Gasteiger partial charge is 0.305 e. The van der Waals surface area contributed by atoms with Gasteiger partial charge in [0.1, 0.15) is 0 Å². The van der Waals surface area contributed by atoms with Crippen molar-refractivity contribution in [2.75, 3.05) is 6.54 Å². The molecular formula is C16H17N3S. The lowest BCUT2D eigenvalue weighted by atomic mass is 10.0. The van der Waals surface area contributed by atoms with Crippen LogP contribution in [-0.2, 0) is 0 Å². The summed E-state index contributed by atoms with van der Waals surface area (Å²) in [6, 6.07) is 10.6. The number of aryl methyl sites for hydroxylation is 1. The molecule has 1 N–H and O–H groups in total. The summed E-state index contributed by atoms with van der Waals surface area (Å²) < 4.78 is 0. The number of nitrogens with one attached hydrogen (secondary N) is 1. The summed E-state index contributed by atoms with van der Waals surface area (Å²) in [5.41, 5.74) is 3.36. The fourth-order valence-corrected chi connectivity index (χ4v) is 3.02. The van der Waals surface area contributed by atoms with Gasteiger partial charge in [-0.2, -0.15) is 0 Å². The number of fused-ring (bicyclic) bond motifs is 1. The van der Waals surface area contributed by atoms with Crippen molar-refractivity contribution < 1.29 is 0 Å². The molecule has 0 spiro atoms. The molecule has 0 aliphatic carbocycles. The summed E-state index contributed by atoms with van der Waals surface area (Å²) in [4.78, 5) is 9.00. The second-order valence-electron chi connectivity index (χ2n) is 4.74. The standard InChI is InChI=1S/C16H17N3S/c1-3-17-16(15-10-20-11(2)19-15)13-6-7-14-12(9-13)5-4-8-18-14/h4-10,16-17H,3H2,1-2H3. The highest BCUT2D eigenvalue weighted by molar-refractivity contribution is 7.09. The van der Waals surface area contributed by atoms with Gasteiger partial charge in [-0.3, -0.25) is 4.98 Å². The van der Waals surface area contributed by atoms with E-state index in [1.165, 1.54) is 10.9 Å². The number of hydrogen-bond donors (Lipinski definition) is 1. The van der Waals surface area contributed by atoms with Crippen LogP contribution in [0.25, 0.3) is 10.9 Å². The van der Waals surface area contributed by atoms with Crippen LogP contribution in [0, 0.1) is 6.92 Å². The van der Waals surface area contributed by atoms with E-state index in [1.54, 1.807) is 11.3 Å². The molecule has 1 unspecified atom stereocenters. The Kier molecular flexibility index (Phi) is 3.76. The third-order valence-corrected chi connectivity index (χ3v) is 4.09. The van der Waals surface area contributed by atoms with Crippen LogP contribution in [-0.4, -0.2) is 16.5 Å². The number of pyridine rings is 1. The van der Waals surface area contributed by atoms with Gasteiger partial charge in [-0.05, 0) is 37.2 Å². The molecule has 1 atom stereocenters. The maximum atomic E-state index is 4.63. The Balaban J connectivity index is 2.04. The molecule has 2 heterocycles. The van der Waals surface area contributed by atoms with Crippen molar-refractivity contribution in [3.8, 4) is 0 Å². The molecule has 102 valence electrons. The normalized spacial score (nSPS) is 12.7. The summed E-state index contributed by atoms with van der Waals surface area (Å²) >= 11 is 1.69. The van der Waals surface area contributed by atoms with Crippen LogP contribution in [0.1, 0.15) is 29.2 Å². The Bertz CT molecular complexity index is 720. The molecule has 0 saturated carbocycles. The van der Waals surface area contributed by atoms with Gasteiger partial charge in [0.15, 0.2) is 0 Å². The summed E-state index contributed by atoms with van der Waals surface area (Å²) in [6.07, 6.45) is 1.83. The Morgan fingerprint density at radius 3 is 2.95 bits per heavy atom. The maximum Gasteiger partial charge on any atom is 0.0898 e. The first-order valence-corrected chi connectivity index (χ1v) is 7.66. The monoisotopic (exact) mass is 283 g/mol. The van der Waals surface area contributed by atoms with Crippen LogP contribution >= 0.6 is 11.3 Å². The van der Waals surface area contributed by atoms with Gasteiger partial charge in [-0.15, -0.1) is 11.3 Å². The van der Waals surface area contributed by atoms with E-state index in [9.17, 15) is 0 Å². The molecule has 3 rings (SSSR count). The third kappa shape index (κ3) is 2.57. The first-order valence-electron chi connectivity index (χ1n) is 6.78. The molecule has 4 heteroatoms. The topological polar surface area (TPSA) is 37.8 Å². The molecule has 20 heavy (non-hydrogen) atoms. The highest BCUT2D eigenvalue weighted by atomic mass is 32.1. The van der Waals surface area contributed by atoms with E-state index >= 15 is 0 Å². The highest BCUT2D eigenvalue weighted by Crippen LogP contribution is 2.25. The molecule has 3 nitrogen and oxygen atoms in total. The molecule has 0 fully saturated rings. The van der Waals surface area contributed by atoms with Gasteiger partial charge in [-0.25, -0.2) is 4.98 Å². The van der Waals surface area contributed by atoms with Gasteiger partial charge in [0.05, 0.1) is 22.3 Å². The van der Waals surface area contributed by atoms with Gasteiger partial charge >= 0.3 is 0 Å². The zero-order valence-corrected chi connectivity index (χ0v) is 12.4. The molecule has 0 aliphatic heterocycles. The molecule has 0 bridgehead atoms. The van der Waals surface area contributed by atoms with Crippen molar-refractivity contribution in [1.29, 1.82) is 0 Å². The minimum atomic E-state index is 0.148. The number of benzene rings is 1. The lowest BCUT2D eigenvalue weighted by Crippen LogP contribution is -2.22. The summed E-state index contributed by atoms with van der Waals surface area (Å²) in [5, 5.41) is 7.92. The lowest BCUT2D eigenvalue weighted by Gasteiger charge is -2.16. The quantitative estimate of drug-likeness (QED) is 0.793. The zero-order valence-electron chi connectivity index (χ0n) is 11.6. The maximum absolute atomic E-state index is 4.63. The third-order valence-electron chi connectivity index (χ3n) is 3.30. The Morgan fingerprint density at radius 1 is 1.30 bits per heavy atom. The van der Waals surface area contributed by atoms with Gasteiger partial charge < -0.3 is 5.32 Å². The van der Waals surface area contributed by atoms with Crippen LogP contribution in [0.5, 0.6) is 0 Å². The fourth-order valence-electron chi connectivity index (χ4n) is 2.38. The van der Waals surface area contributed by atoms with Gasteiger partial charge in [0, 0.05) is 17.0 Å². The number of thiazole rings is 1. The van der Waals surface area contributed by atoms with Crippen molar-refractivity contribution in [2.45, 2.75) is 19.9 Å². The van der Waals surface area contributed by atoms with Gasteiger partial charge in [0.2, 0.25) is 0 Å². The van der Waals surface area contributed by atoms with Crippen molar-refractivity contribution in [2.24, 2.45) is 0 Å². The molecular weight excluding hydrogens is 266 g/mol. The summed E-state index contributed by atoms with van der Waals surface area (Å²) in [7, 11) is 0. The van der Waals surface area contributed by atoms with Crippen LogP contribution in [0.3, 0.4) is 0 Å². The Labute approximate surface area is 122 Å². The predicted octanol–water partition coefficient (Wildman–Crippen LogP) is 3.70. The SMILES string of the molecule is CCNC(c1ccc2ncccc2c1)c1csc(C)n1. The summed E-state index contributed by atoms with van der Waals surface area (Å²) in [5.74, 6) is 0. The Morgan fingerprint density at radius 2 is 2.20 bits per heavy atom. The second-order valence-corrected chi connectivity index (χ2v) is 5.80. The van der Waals surface area contributed by atoms with Crippen molar-refractivity contribution >= 4 is 22.2 Å². The van der Waals surface area contributed by atoms with E-state index in [2.05, 4.69) is 51.9 Å². The fraction of sp³-hybridized carbons (Fsp3) is 0.250. The molecule has 2 aromatic heterocycles. The molecule has 0 radical (unpaired) electrons. The van der Waals surface area contributed by atoms with E-state index < -0.39 is 0 Å². The van der Waals surface area contributed by atoms with Gasteiger partial charge in [-0.1, -0.05) is 19.1 Å². The van der Waals surface area contributed by atoms with E-state index in [1.807, 2.05) is 19.2 Å². The number of hydrogen-bond acceptors (Lipinski definition) is 4. The number of nitrogens with zero attached hydrogens (tertiary/aromatic N) is 2. The van der Waals surface area contributed by atoms with Crippen molar-refractivity contribution in [3.05, 3.63) is 58.2 Å². The average molecular weight is 283 g/mol. The number of rotatable bonds is 4. The first kappa shape index (κ1) is 13.2. The van der Waals surface area contributed by atoms with Crippen LogP contribution in [0.4, 0.5) is 0 Å². The second kappa shape index (κ2) is 5.69. The van der Waals surface area contributed by atoms with E-state index in [0.29, 0.717) is 0 Å². The summed E-state index contributed by atoms with van der Waals surface area (Å²) in [6.45, 7) is 5.07. The predicted molar refractivity (Wildman–Crippen MR) is 84.1 cm³/mol. The zero-order chi connectivity index (χ0) is 13.9. The van der Waals surface area contributed by atoms with E-state index in [4.69, 9.17) is 0 Å². The first-order chi connectivity index (χ1) is 9.78. The van der Waals surface area contributed by atoms with Crippen LogP contribution in [0.15, 0.2) is 41.9 Å². The Hall–Kier alpha value is -1.78. The average Bonchev–Trinajstić information content (AvgIpc) is 2.90. The van der Waals surface area contributed by atoms with E-state index in [0.717, 1.165) is 22.8 Å². The minimum absolute atomic E-state index is 0.148. The molecule has 0 saturated heterocycles. The minimum Gasteiger partial charge on any atom is -0.305 e. The van der Waals surface area contributed by atoms with Crippen molar-refractivity contribution in [1.82, 2.24) is 15.3 Å². The van der Waals surface area contributed by atoms with Crippen LogP contribution in [0.2, 0.25) is 0 Å². The number of aromatic nitrogens is 2. The highest BCUT2D eigenvalue weighted by Gasteiger charge is 2.16. The smallest absolute Gasteiger partial charge is 0.0898 e. The molecule has 3 aromatic rings. The lowest BCUT2D eigenvalue weighted by molar-refractivity contribution is 0.618. The van der Waals surface area contributed by atoms with E-state index in [-0.39, 0.29) is 6.04 Å². The molecule has 0 aliphatic rings. The van der Waals surface area contributed by atoms with Crippen molar-refractivity contribution in [3.63, 3.8) is 0 Å².